The second kappa shape index (κ2) is 3.14. The van der Waals surface area contributed by atoms with Gasteiger partial charge >= 0.3 is 0 Å². The first-order valence-electron chi connectivity index (χ1n) is 2.52. The van der Waals surface area contributed by atoms with Gasteiger partial charge in [-0.15, -0.1) is 0 Å². The van der Waals surface area contributed by atoms with Crippen LogP contribution in [0.4, 0.5) is 0 Å². The Hall–Kier alpha value is -0.130. The van der Waals surface area contributed by atoms with E-state index in [4.69, 9.17) is 5.73 Å². The summed E-state index contributed by atoms with van der Waals surface area (Å²) in [6, 6.07) is -0.236. The van der Waals surface area contributed by atoms with Gasteiger partial charge in [0.1, 0.15) is 0 Å². The van der Waals surface area contributed by atoms with Crippen LogP contribution in [0.15, 0.2) is 0 Å². The van der Waals surface area contributed by atoms with Crippen molar-refractivity contribution < 1.29 is 12.6 Å². The monoisotopic (exact) mass is 153 g/mol. The third kappa shape index (κ3) is 7.87. The van der Waals surface area contributed by atoms with Gasteiger partial charge in [0.25, 0.3) is 10.1 Å². The summed E-state index contributed by atoms with van der Waals surface area (Å²) in [5.74, 6) is 0. The molecule has 0 aromatic rings. The van der Waals surface area contributed by atoms with Crippen LogP contribution in [0.2, 0.25) is 0 Å². The highest BCUT2D eigenvalue weighted by Gasteiger charge is 2.02. The van der Waals surface area contributed by atoms with E-state index in [2.05, 4.69) is 4.18 Å². The smallest absolute Gasteiger partial charge is 0.264 e. The predicted molar refractivity (Wildman–Crippen MR) is 34.4 cm³/mol. The van der Waals surface area contributed by atoms with E-state index in [0.717, 1.165) is 6.26 Å². The van der Waals surface area contributed by atoms with Gasteiger partial charge in [0.2, 0.25) is 0 Å². The summed E-state index contributed by atoms with van der Waals surface area (Å²) >= 11 is 0. The Kier molecular flexibility index (Phi) is 3.10. The zero-order chi connectivity index (χ0) is 7.49. The zero-order valence-corrected chi connectivity index (χ0v) is 6.31. The second-order valence-corrected chi connectivity index (χ2v) is 3.61. The Bertz CT molecular complexity index is 161. The molecule has 0 rings (SSSR count). The molecule has 56 valence electrons. The quantitative estimate of drug-likeness (QED) is 0.545. The fraction of sp³-hybridized carbons (Fsp3) is 1.00. The Morgan fingerprint density at radius 1 is 1.67 bits per heavy atom. The van der Waals surface area contributed by atoms with E-state index in [9.17, 15) is 8.42 Å². The van der Waals surface area contributed by atoms with E-state index >= 15 is 0 Å². The molecule has 0 spiro atoms. The van der Waals surface area contributed by atoms with Crippen LogP contribution >= 0.6 is 0 Å². The Balaban J connectivity index is 3.53. The minimum Gasteiger partial charge on any atom is -0.326 e. The maximum Gasteiger partial charge on any atom is 0.264 e. The van der Waals surface area contributed by atoms with Crippen LogP contribution in [0.5, 0.6) is 0 Å². The van der Waals surface area contributed by atoms with Crippen molar-refractivity contribution in [2.45, 2.75) is 13.0 Å². The highest BCUT2D eigenvalue weighted by Crippen LogP contribution is 1.86. The van der Waals surface area contributed by atoms with Crippen molar-refractivity contribution in [2.75, 3.05) is 12.9 Å². The van der Waals surface area contributed by atoms with Gasteiger partial charge in [0.05, 0.1) is 12.9 Å². The molecule has 0 aliphatic heterocycles. The van der Waals surface area contributed by atoms with Crippen LogP contribution < -0.4 is 5.73 Å². The highest BCUT2D eigenvalue weighted by atomic mass is 32.2. The summed E-state index contributed by atoms with van der Waals surface area (Å²) in [7, 11) is -3.30. The molecule has 2 N–H and O–H groups in total. The molecule has 0 aromatic carbocycles. The van der Waals surface area contributed by atoms with Crippen LogP contribution in [0.1, 0.15) is 6.92 Å². The van der Waals surface area contributed by atoms with Gasteiger partial charge in [-0.25, -0.2) is 0 Å². The number of hydrogen-bond donors (Lipinski definition) is 1. The number of hydrogen-bond acceptors (Lipinski definition) is 4. The Morgan fingerprint density at radius 2 is 2.11 bits per heavy atom. The summed E-state index contributed by atoms with van der Waals surface area (Å²) in [5.41, 5.74) is 5.21. The third-order valence-electron chi connectivity index (χ3n) is 0.545. The fourth-order valence-electron chi connectivity index (χ4n) is 0.231. The van der Waals surface area contributed by atoms with Crippen LogP contribution in [-0.4, -0.2) is 27.3 Å². The molecule has 0 bridgehead atoms. The highest BCUT2D eigenvalue weighted by molar-refractivity contribution is 7.85. The van der Waals surface area contributed by atoms with Crippen LogP contribution in [-0.2, 0) is 14.3 Å². The van der Waals surface area contributed by atoms with Crippen molar-refractivity contribution in [3.63, 3.8) is 0 Å². The topological polar surface area (TPSA) is 69.4 Å². The third-order valence-corrected chi connectivity index (χ3v) is 1.11. The van der Waals surface area contributed by atoms with Crippen molar-refractivity contribution in [3.05, 3.63) is 0 Å². The first kappa shape index (κ1) is 8.87. The van der Waals surface area contributed by atoms with Crippen LogP contribution in [0, 0.1) is 0 Å². The molecule has 1 atom stereocenters. The average Bonchev–Trinajstić information content (AvgIpc) is 1.59. The lowest BCUT2D eigenvalue weighted by Gasteiger charge is -2.02. The minimum absolute atomic E-state index is 0.0544. The lowest BCUT2D eigenvalue weighted by atomic mass is 10.4. The molecule has 0 saturated heterocycles. The maximum atomic E-state index is 10.3. The molecule has 0 aliphatic rings. The van der Waals surface area contributed by atoms with Gasteiger partial charge in [-0.1, -0.05) is 0 Å². The van der Waals surface area contributed by atoms with Crippen molar-refractivity contribution in [1.29, 1.82) is 0 Å². The molecule has 0 aromatic heterocycles. The Labute approximate surface area is 55.1 Å². The van der Waals surface area contributed by atoms with Crippen molar-refractivity contribution in [3.8, 4) is 0 Å². The number of nitrogens with two attached hydrogens (primary N) is 1. The maximum absolute atomic E-state index is 10.3. The van der Waals surface area contributed by atoms with Crippen molar-refractivity contribution in [1.82, 2.24) is 0 Å². The van der Waals surface area contributed by atoms with Gasteiger partial charge < -0.3 is 5.73 Å². The van der Waals surface area contributed by atoms with Gasteiger partial charge in [-0.05, 0) is 6.92 Å². The summed E-state index contributed by atoms with van der Waals surface area (Å²) in [4.78, 5) is 0. The molecule has 0 amide bonds. The molecule has 5 heteroatoms. The molecule has 0 heterocycles. The molecular weight excluding hydrogens is 142 g/mol. The molecule has 0 aliphatic carbocycles. The lowest BCUT2D eigenvalue weighted by molar-refractivity contribution is 0.302. The fourth-order valence-corrected chi connectivity index (χ4v) is 0.693. The SMILES string of the molecule is C[C@@H](N)COS(C)(=O)=O. The summed E-state index contributed by atoms with van der Waals surface area (Å²) in [6.45, 7) is 1.73. The van der Waals surface area contributed by atoms with E-state index in [1.54, 1.807) is 6.92 Å². The number of rotatable bonds is 3. The van der Waals surface area contributed by atoms with Crippen molar-refractivity contribution >= 4 is 10.1 Å². The molecule has 0 unspecified atom stereocenters. The molecular formula is C4H11NO3S. The van der Waals surface area contributed by atoms with E-state index in [0.29, 0.717) is 0 Å². The molecule has 9 heavy (non-hydrogen) atoms. The van der Waals surface area contributed by atoms with Gasteiger partial charge in [-0.3, -0.25) is 4.18 Å². The van der Waals surface area contributed by atoms with Gasteiger partial charge in [0.15, 0.2) is 0 Å². The van der Waals surface area contributed by atoms with Crippen LogP contribution in [0.25, 0.3) is 0 Å². The van der Waals surface area contributed by atoms with Crippen LogP contribution in [0.3, 0.4) is 0 Å². The van der Waals surface area contributed by atoms with E-state index < -0.39 is 10.1 Å². The van der Waals surface area contributed by atoms with E-state index in [1.165, 1.54) is 0 Å². The molecule has 0 radical (unpaired) electrons. The van der Waals surface area contributed by atoms with E-state index in [-0.39, 0.29) is 12.6 Å². The summed E-state index contributed by atoms with van der Waals surface area (Å²) in [6.07, 6.45) is 0.995. The Morgan fingerprint density at radius 3 is 2.22 bits per heavy atom. The lowest BCUT2D eigenvalue weighted by Crippen LogP contribution is -2.23. The largest absolute Gasteiger partial charge is 0.326 e. The van der Waals surface area contributed by atoms with Gasteiger partial charge in [0, 0.05) is 6.04 Å². The molecule has 0 fully saturated rings. The first-order valence-corrected chi connectivity index (χ1v) is 4.33. The van der Waals surface area contributed by atoms with Crippen molar-refractivity contribution in [2.24, 2.45) is 5.73 Å². The minimum atomic E-state index is -3.30. The van der Waals surface area contributed by atoms with Gasteiger partial charge in [-0.2, -0.15) is 8.42 Å². The average molecular weight is 153 g/mol. The predicted octanol–water partition coefficient (Wildman–Crippen LogP) is -0.690. The molecule has 4 nitrogen and oxygen atoms in total. The second-order valence-electron chi connectivity index (χ2n) is 1.97. The normalized spacial score (nSPS) is 15.4. The zero-order valence-electron chi connectivity index (χ0n) is 5.49. The summed E-state index contributed by atoms with van der Waals surface area (Å²) < 4.78 is 24.9. The first-order chi connectivity index (χ1) is 3.92. The summed E-state index contributed by atoms with van der Waals surface area (Å²) in [5, 5.41) is 0. The molecule has 0 saturated carbocycles. The standard InChI is InChI=1S/C4H11NO3S/c1-4(5)3-8-9(2,6)7/h4H,3,5H2,1-2H3/t4-/m1/s1. The van der Waals surface area contributed by atoms with E-state index in [1.807, 2.05) is 0 Å².